The molecule has 0 aliphatic carbocycles. The van der Waals surface area contributed by atoms with Crippen molar-refractivity contribution in [1.29, 1.82) is 0 Å². The van der Waals surface area contributed by atoms with E-state index in [1.54, 1.807) is 12.1 Å². The van der Waals surface area contributed by atoms with Crippen LogP contribution in [0.2, 0.25) is 5.02 Å². The van der Waals surface area contributed by atoms with Crippen LogP contribution in [-0.4, -0.2) is 8.42 Å². The molecule has 0 atom stereocenters. The number of hydrogen-bond acceptors (Lipinski definition) is 3. The van der Waals surface area contributed by atoms with Crippen LogP contribution in [0.3, 0.4) is 0 Å². The predicted molar refractivity (Wildman–Crippen MR) is 74.5 cm³/mol. The van der Waals surface area contributed by atoms with Crippen molar-refractivity contribution < 1.29 is 8.42 Å². The van der Waals surface area contributed by atoms with Crippen molar-refractivity contribution in [3.05, 3.63) is 51.2 Å². The molecule has 2 rings (SSSR count). The van der Waals surface area contributed by atoms with E-state index in [-0.39, 0.29) is 11.4 Å². The Bertz CT molecular complexity index is 636. The summed E-state index contributed by atoms with van der Waals surface area (Å²) in [6.07, 6.45) is 0. The van der Waals surface area contributed by atoms with Gasteiger partial charge in [0, 0.05) is 11.6 Å². The highest BCUT2D eigenvalue weighted by molar-refractivity contribution is 7.89. The van der Waals surface area contributed by atoms with Crippen LogP contribution in [0.15, 0.2) is 39.9 Å². The predicted octanol–water partition coefficient (Wildman–Crippen LogP) is 3.19. The van der Waals surface area contributed by atoms with E-state index in [0.717, 1.165) is 11.1 Å². The minimum atomic E-state index is -3.51. The number of halogens is 1. The lowest BCUT2D eigenvalue weighted by atomic mass is 10.2. The lowest BCUT2D eigenvalue weighted by molar-refractivity contribution is 0.581. The molecule has 0 aliphatic rings. The molecule has 0 fully saturated rings. The topological polar surface area (TPSA) is 46.2 Å². The molecule has 0 radical (unpaired) electrons. The summed E-state index contributed by atoms with van der Waals surface area (Å²) in [5.41, 5.74) is 1.80. The molecule has 0 bridgehead atoms. The van der Waals surface area contributed by atoms with Crippen molar-refractivity contribution in [3.63, 3.8) is 0 Å². The SMILES string of the molecule is Cc1ccc(S(=O)(=O)NCc2ccsc2)cc1Cl. The molecule has 0 unspecified atom stereocenters. The van der Waals surface area contributed by atoms with Crippen molar-refractivity contribution in [2.24, 2.45) is 0 Å². The van der Waals surface area contributed by atoms with Gasteiger partial charge < -0.3 is 0 Å². The highest BCUT2D eigenvalue weighted by Crippen LogP contribution is 2.20. The highest BCUT2D eigenvalue weighted by atomic mass is 35.5. The van der Waals surface area contributed by atoms with Crippen LogP contribution >= 0.6 is 22.9 Å². The Morgan fingerprint density at radius 2 is 2.11 bits per heavy atom. The Kier molecular flexibility index (Phi) is 4.07. The van der Waals surface area contributed by atoms with E-state index in [4.69, 9.17) is 11.6 Å². The van der Waals surface area contributed by atoms with Gasteiger partial charge in [0.2, 0.25) is 10.0 Å². The molecule has 6 heteroatoms. The van der Waals surface area contributed by atoms with Crippen LogP contribution in [0.1, 0.15) is 11.1 Å². The number of thiophene rings is 1. The van der Waals surface area contributed by atoms with Gasteiger partial charge in [-0.3, -0.25) is 0 Å². The summed E-state index contributed by atoms with van der Waals surface area (Å²) in [5.74, 6) is 0. The fourth-order valence-corrected chi connectivity index (χ4v) is 3.35. The summed E-state index contributed by atoms with van der Waals surface area (Å²) in [6.45, 7) is 2.12. The fourth-order valence-electron chi connectivity index (χ4n) is 1.40. The number of benzene rings is 1. The van der Waals surface area contributed by atoms with E-state index in [2.05, 4.69) is 4.72 Å². The summed E-state index contributed by atoms with van der Waals surface area (Å²) in [7, 11) is -3.51. The fraction of sp³-hybridized carbons (Fsp3) is 0.167. The molecule has 1 aromatic carbocycles. The number of rotatable bonds is 4. The first kappa shape index (κ1) is 13.5. The molecule has 0 aliphatic heterocycles. The Labute approximate surface area is 115 Å². The average molecular weight is 302 g/mol. The standard InChI is InChI=1S/C12H12ClNO2S2/c1-9-2-3-11(6-12(9)13)18(15,16)14-7-10-4-5-17-8-10/h2-6,8,14H,7H2,1H3. The van der Waals surface area contributed by atoms with E-state index >= 15 is 0 Å². The molecular formula is C12H12ClNO2S2. The first-order valence-electron chi connectivity index (χ1n) is 5.26. The smallest absolute Gasteiger partial charge is 0.207 e. The maximum Gasteiger partial charge on any atom is 0.240 e. The number of aryl methyl sites for hydroxylation is 1. The van der Waals surface area contributed by atoms with Gasteiger partial charge in [0.15, 0.2) is 0 Å². The Morgan fingerprint density at radius 3 is 2.72 bits per heavy atom. The zero-order valence-corrected chi connectivity index (χ0v) is 12.1. The zero-order chi connectivity index (χ0) is 13.2. The molecule has 1 aromatic heterocycles. The van der Waals surface area contributed by atoms with Crippen molar-refractivity contribution >= 4 is 33.0 Å². The van der Waals surface area contributed by atoms with Crippen LogP contribution < -0.4 is 4.72 Å². The van der Waals surface area contributed by atoms with E-state index in [1.165, 1.54) is 17.4 Å². The van der Waals surface area contributed by atoms with E-state index in [9.17, 15) is 8.42 Å². The second kappa shape index (κ2) is 5.40. The molecule has 96 valence electrons. The van der Waals surface area contributed by atoms with Crippen LogP contribution in [0.5, 0.6) is 0 Å². The van der Waals surface area contributed by atoms with Gasteiger partial charge in [0.25, 0.3) is 0 Å². The summed E-state index contributed by atoms with van der Waals surface area (Å²) < 4.78 is 26.6. The summed E-state index contributed by atoms with van der Waals surface area (Å²) >= 11 is 7.46. The maximum atomic E-state index is 12.0. The van der Waals surface area contributed by atoms with Gasteiger partial charge in [-0.15, -0.1) is 0 Å². The van der Waals surface area contributed by atoms with E-state index in [1.807, 2.05) is 23.8 Å². The second-order valence-electron chi connectivity index (χ2n) is 3.87. The molecule has 3 nitrogen and oxygen atoms in total. The zero-order valence-electron chi connectivity index (χ0n) is 9.68. The molecule has 18 heavy (non-hydrogen) atoms. The van der Waals surface area contributed by atoms with E-state index in [0.29, 0.717) is 5.02 Å². The van der Waals surface area contributed by atoms with Gasteiger partial charge in [-0.25, -0.2) is 13.1 Å². The van der Waals surface area contributed by atoms with Gasteiger partial charge in [0.05, 0.1) is 4.90 Å². The summed E-state index contributed by atoms with van der Waals surface area (Å²) in [4.78, 5) is 0.188. The van der Waals surface area contributed by atoms with Crippen molar-refractivity contribution in [1.82, 2.24) is 4.72 Å². The minimum absolute atomic E-state index is 0.188. The highest BCUT2D eigenvalue weighted by Gasteiger charge is 2.14. The van der Waals surface area contributed by atoms with Crippen molar-refractivity contribution in [2.45, 2.75) is 18.4 Å². The van der Waals surface area contributed by atoms with Crippen molar-refractivity contribution in [3.8, 4) is 0 Å². The first-order valence-corrected chi connectivity index (χ1v) is 8.06. The number of hydrogen-bond donors (Lipinski definition) is 1. The van der Waals surface area contributed by atoms with Gasteiger partial charge in [-0.2, -0.15) is 11.3 Å². The lowest BCUT2D eigenvalue weighted by Gasteiger charge is -2.07. The molecule has 1 N–H and O–H groups in total. The largest absolute Gasteiger partial charge is 0.240 e. The molecule has 0 saturated heterocycles. The van der Waals surface area contributed by atoms with Crippen LogP contribution in [0.25, 0.3) is 0 Å². The average Bonchev–Trinajstić information content (AvgIpc) is 2.83. The van der Waals surface area contributed by atoms with Crippen LogP contribution in [-0.2, 0) is 16.6 Å². The molecule has 1 heterocycles. The Balaban J connectivity index is 2.17. The number of sulfonamides is 1. The van der Waals surface area contributed by atoms with Gasteiger partial charge in [-0.05, 0) is 47.0 Å². The summed E-state index contributed by atoms with van der Waals surface area (Å²) in [6, 6.07) is 6.60. The third kappa shape index (κ3) is 3.11. The van der Waals surface area contributed by atoms with E-state index < -0.39 is 10.0 Å². The number of nitrogens with one attached hydrogen (secondary N) is 1. The Hall–Kier alpha value is -0.880. The third-order valence-corrected chi connectivity index (χ3v) is 5.04. The minimum Gasteiger partial charge on any atom is -0.207 e. The Morgan fingerprint density at radius 1 is 1.33 bits per heavy atom. The lowest BCUT2D eigenvalue weighted by Crippen LogP contribution is -2.23. The second-order valence-corrected chi connectivity index (χ2v) is 6.82. The molecule has 0 amide bonds. The van der Waals surface area contributed by atoms with Gasteiger partial charge in [0.1, 0.15) is 0 Å². The molecule has 2 aromatic rings. The maximum absolute atomic E-state index is 12.0. The van der Waals surface area contributed by atoms with Gasteiger partial charge in [-0.1, -0.05) is 17.7 Å². The van der Waals surface area contributed by atoms with Crippen LogP contribution in [0.4, 0.5) is 0 Å². The first-order chi connectivity index (χ1) is 8.49. The molecule has 0 spiro atoms. The summed E-state index contributed by atoms with van der Waals surface area (Å²) in [5, 5.41) is 4.27. The molecular weight excluding hydrogens is 290 g/mol. The van der Waals surface area contributed by atoms with Crippen molar-refractivity contribution in [2.75, 3.05) is 0 Å². The third-order valence-electron chi connectivity index (χ3n) is 2.50. The normalized spacial score (nSPS) is 11.7. The quantitative estimate of drug-likeness (QED) is 0.942. The molecule has 0 saturated carbocycles. The van der Waals surface area contributed by atoms with Gasteiger partial charge >= 0.3 is 0 Å². The monoisotopic (exact) mass is 301 g/mol. The van der Waals surface area contributed by atoms with Crippen LogP contribution in [0, 0.1) is 6.92 Å².